The van der Waals surface area contributed by atoms with Crippen LogP contribution in [-0.4, -0.2) is 32.8 Å². The van der Waals surface area contributed by atoms with E-state index in [0.29, 0.717) is 5.02 Å². The number of benzene rings is 1. The van der Waals surface area contributed by atoms with Gasteiger partial charge in [0.1, 0.15) is 12.4 Å². The van der Waals surface area contributed by atoms with Gasteiger partial charge in [-0.1, -0.05) is 36.2 Å². The van der Waals surface area contributed by atoms with Crippen LogP contribution >= 0.6 is 23.2 Å². The van der Waals surface area contributed by atoms with Gasteiger partial charge in [0, 0.05) is 21.5 Å². The Morgan fingerprint density at radius 3 is 2.42 bits per heavy atom. The molecule has 2 aromatic rings. The maximum atomic E-state index is 13.5. The van der Waals surface area contributed by atoms with Gasteiger partial charge in [-0.25, -0.2) is 13.8 Å². The number of nitrogens with zero attached hydrogens (tertiary/aromatic N) is 2. The van der Waals surface area contributed by atoms with Crippen LogP contribution in [0.5, 0.6) is 0 Å². The maximum absolute atomic E-state index is 13.5. The Morgan fingerprint density at radius 2 is 1.92 bits per heavy atom. The van der Waals surface area contributed by atoms with Gasteiger partial charge < -0.3 is 9.84 Å². The van der Waals surface area contributed by atoms with E-state index in [4.69, 9.17) is 23.2 Å². The van der Waals surface area contributed by atoms with Crippen molar-refractivity contribution < 1.29 is 27.4 Å². The van der Waals surface area contributed by atoms with Crippen LogP contribution in [0.2, 0.25) is 10.0 Å². The summed E-state index contributed by atoms with van der Waals surface area (Å²) in [5.74, 6) is -1.43. The molecule has 144 valence electrons. The third-order valence-corrected chi connectivity index (χ3v) is 4.61. The van der Waals surface area contributed by atoms with Crippen molar-refractivity contribution in [1.29, 1.82) is 0 Å². The van der Waals surface area contributed by atoms with Crippen LogP contribution < -0.4 is 0 Å². The normalized spacial score (nSPS) is 17.2. The van der Waals surface area contributed by atoms with E-state index >= 15 is 0 Å². The summed E-state index contributed by atoms with van der Waals surface area (Å²) in [6.07, 6.45) is -9.55. The highest BCUT2D eigenvalue weighted by atomic mass is 35.5. The number of hydrogen-bond donors (Lipinski definition) is 2. The quantitative estimate of drug-likeness (QED) is 0.649. The molecule has 3 unspecified atom stereocenters. The van der Waals surface area contributed by atoms with E-state index in [1.54, 1.807) is 0 Å². The minimum atomic E-state index is -4.76. The van der Waals surface area contributed by atoms with Crippen LogP contribution in [0.15, 0.2) is 24.5 Å². The molecule has 3 atom stereocenters. The molecule has 0 aliphatic heterocycles. The van der Waals surface area contributed by atoms with E-state index in [0.717, 1.165) is 6.33 Å². The van der Waals surface area contributed by atoms with Crippen LogP contribution in [-0.2, 0) is 10.3 Å². The number of aromatic nitrogens is 3. The molecule has 0 spiro atoms. The first-order chi connectivity index (χ1) is 12.0. The molecule has 0 radical (unpaired) electrons. The summed E-state index contributed by atoms with van der Waals surface area (Å²) < 4.78 is 56.5. The lowest BCUT2D eigenvalue weighted by Crippen LogP contribution is -2.40. The number of hydrogen-bond acceptors (Lipinski definition) is 4. The first-order valence-corrected chi connectivity index (χ1v) is 8.09. The fourth-order valence-corrected chi connectivity index (χ4v) is 3.01. The standard InChI is InChI=1S/C15H15Cl2F4N3O2/c1-7(14(2,25)9-4-3-8(16)5-10(9)17)11(12-22-6-23-24-12)26-15(20,21)13(18)19/h3-7,11,13,25H,1-2H3,(H,22,23,24). The summed E-state index contributed by atoms with van der Waals surface area (Å²) in [5.41, 5.74) is -1.69. The molecular weight excluding hydrogens is 401 g/mol. The second-order valence-electron chi connectivity index (χ2n) is 5.83. The van der Waals surface area contributed by atoms with Crippen LogP contribution in [0.4, 0.5) is 17.6 Å². The first-order valence-electron chi connectivity index (χ1n) is 7.33. The summed E-state index contributed by atoms with van der Waals surface area (Å²) in [5, 5.41) is 17.1. The minimum Gasteiger partial charge on any atom is -0.385 e. The third kappa shape index (κ3) is 4.28. The highest BCUT2D eigenvalue weighted by Gasteiger charge is 2.49. The smallest absolute Gasteiger partial charge is 0.385 e. The van der Waals surface area contributed by atoms with Gasteiger partial charge in [-0.05, 0) is 19.1 Å². The lowest BCUT2D eigenvalue weighted by atomic mass is 9.80. The van der Waals surface area contributed by atoms with E-state index in [2.05, 4.69) is 19.9 Å². The molecule has 0 aliphatic carbocycles. The molecule has 0 saturated heterocycles. The average Bonchev–Trinajstić information content (AvgIpc) is 3.05. The predicted octanol–water partition coefficient (Wildman–Crippen LogP) is 4.57. The van der Waals surface area contributed by atoms with E-state index in [1.807, 2.05) is 0 Å². The van der Waals surface area contributed by atoms with Crippen LogP contribution in [0, 0.1) is 5.92 Å². The number of alkyl halides is 4. The van der Waals surface area contributed by atoms with E-state index in [-0.39, 0.29) is 16.4 Å². The lowest BCUT2D eigenvalue weighted by Gasteiger charge is -2.37. The summed E-state index contributed by atoms with van der Waals surface area (Å²) in [6.45, 7) is 2.62. The number of ether oxygens (including phenoxy) is 1. The second-order valence-corrected chi connectivity index (χ2v) is 6.68. The fraction of sp³-hybridized carbons (Fsp3) is 0.467. The van der Waals surface area contributed by atoms with Gasteiger partial charge in [0.25, 0.3) is 0 Å². The van der Waals surface area contributed by atoms with E-state index < -0.39 is 30.2 Å². The molecule has 2 N–H and O–H groups in total. The van der Waals surface area contributed by atoms with Crippen LogP contribution in [0.25, 0.3) is 0 Å². The van der Waals surface area contributed by atoms with Crippen molar-refractivity contribution in [2.45, 2.75) is 38.1 Å². The molecule has 0 aliphatic rings. The zero-order valence-electron chi connectivity index (χ0n) is 13.6. The lowest BCUT2D eigenvalue weighted by molar-refractivity contribution is -0.332. The number of H-pyrrole nitrogens is 1. The van der Waals surface area contributed by atoms with Crippen molar-refractivity contribution in [3.63, 3.8) is 0 Å². The Morgan fingerprint density at radius 1 is 1.27 bits per heavy atom. The fourth-order valence-electron chi connectivity index (χ4n) is 2.41. The minimum absolute atomic E-state index is 0.0753. The molecule has 26 heavy (non-hydrogen) atoms. The Kier molecular flexibility index (Phi) is 6.17. The van der Waals surface area contributed by atoms with Crippen molar-refractivity contribution >= 4 is 23.2 Å². The third-order valence-electron chi connectivity index (χ3n) is 4.06. The topological polar surface area (TPSA) is 71.0 Å². The molecule has 11 heteroatoms. The van der Waals surface area contributed by atoms with Crippen molar-refractivity contribution in [3.8, 4) is 0 Å². The molecule has 0 fully saturated rings. The molecule has 0 bridgehead atoms. The summed E-state index contributed by atoms with van der Waals surface area (Å²) in [6, 6.07) is 4.21. The van der Waals surface area contributed by atoms with Gasteiger partial charge in [0.2, 0.25) is 0 Å². The number of halogens is 6. The Labute approximate surface area is 156 Å². The van der Waals surface area contributed by atoms with Crippen molar-refractivity contribution in [2.24, 2.45) is 5.92 Å². The largest absolute Gasteiger partial charge is 0.417 e. The van der Waals surface area contributed by atoms with Gasteiger partial charge in [-0.2, -0.15) is 13.9 Å². The highest BCUT2D eigenvalue weighted by Crippen LogP contribution is 2.44. The molecule has 1 heterocycles. The number of aromatic amines is 1. The van der Waals surface area contributed by atoms with Crippen LogP contribution in [0.3, 0.4) is 0 Å². The number of rotatable bonds is 7. The van der Waals surface area contributed by atoms with Gasteiger partial charge >= 0.3 is 12.5 Å². The monoisotopic (exact) mass is 415 g/mol. The molecule has 2 rings (SSSR count). The molecular formula is C15H15Cl2F4N3O2. The highest BCUT2D eigenvalue weighted by molar-refractivity contribution is 6.35. The predicted molar refractivity (Wildman–Crippen MR) is 86.4 cm³/mol. The summed E-state index contributed by atoms with van der Waals surface area (Å²) in [4.78, 5) is 3.69. The molecule has 0 saturated carbocycles. The zero-order valence-corrected chi connectivity index (χ0v) is 15.1. The summed E-state index contributed by atoms with van der Waals surface area (Å²) >= 11 is 11.9. The van der Waals surface area contributed by atoms with Gasteiger partial charge in [-0.15, -0.1) is 0 Å². The SMILES string of the molecule is CC(C(OC(F)(F)C(F)F)c1ncn[nH]1)C(C)(O)c1ccc(Cl)cc1Cl. The Bertz CT molecular complexity index is 744. The van der Waals surface area contributed by atoms with Crippen molar-refractivity contribution in [1.82, 2.24) is 15.2 Å². The molecule has 5 nitrogen and oxygen atoms in total. The molecule has 0 amide bonds. The molecule has 1 aromatic carbocycles. The molecule has 1 aromatic heterocycles. The van der Waals surface area contributed by atoms with Gasteiger partial charge in [0.15, 0.2) is 5.82 Å². The average molecular weight is 416 g/mol. The van der Waals surface area contributed by atoms with E-state index in [1.165, 1.54) is 32.0 Å². The maximum Gasteiger partial charge on any atom is 0.417 e. The zero-order chi connectivity index (χ0) is 19.7. The second kappa shape index (κ2) is 7.67. The van der Waals surface area contributed by atoms with Crippen molar-refractivity contribution in [3.05, 3.63) is 46.0 Å². The number of aliphatic hydroxyl groups is 1. The van der Waals surface area contributed by atoms with Gasteiger partial charge in [-0.3, -0.25) is 5.10 Å². The van der Waals surface area contributed by atoms with Gasteiger partial charge in [0.05, 0.1) is 5.60 Å². The van der Waals surface area contributed by atoms with Crippen molar-refractivity contribution in [2.75, 3.05) is 0 Å². The summed E-state index contributed by atoms with van der Waals surface area (Å²) in [7, 11) is 0. The van der Waals surface area contributed by atoms with Crippen LogP contribution in [0.1, 0.15) is 31.3 Å². The first kappa shape index (κ1) is 20.9. The number of nitrogens with one attached hydrogen (secondary N) is 1. The Hall–Kier alpha value is -1.42. The Balaban J connectivity index is 2.43. The van der Waals surface area contributed by atoms with E-state index in [9.17, 15) is 22.7 Å².